The van der Waals surface area contributed by atoms with E-state index in [-0.39, 0.29) is 182 Å². The molecule has 3 atom stereocenters. The Labute approximate surface area is 296 Å². The number of nitrogens with one attached hydrogen (secondary N) is 1. The van der Waals surface area contributed by atoms with E-state index in [1.807, 2.05) is 32.0 Å². The van der Waals surface area contributed by atoms with Crippen LogP contribution in [0.25, 0.3) is 16.0 Å². The van der Waals surface area contributed by atoms with Crippen molar-refractivity contribution < 1.29 is 173 Å². The molecule has 0 unspecified atom stereocenters. The molecule has 135 valence electrons. The Bertz CT molecular complexity index is 630. The van der Waals surface area contributed by atoms with Crippen LogP contribution in [0.15, 0.2) is 28.6 Å². The van der Waals surface area contributed by atoms with Gasteiger partial charge >= 0.3 is 0 Å². The Balaban J connectivity index is -0.00000115. The van der Waals surface area contributed by atoms with Crippen molar-refractivity contribution in [2.45, 2.75) is 55.6 Å². The predicted molar refractivity (Wildman–Crippen MR) is 92.6 cm³/mol. The first kappa shape index (κ1) is 36.4. The zero-order valence-corrected chi connectivity index (χ0v) is 31.7. The van der Waals surface area contributed by atoms with Gasteiger partial charge in [0.15, 0.2) is 10.1 Å². The topological polar surface area (TPSA) is 55.2 Å². The van der Waals surface area contributed by atoms with Gasteiger partial charge in [-0.3, -0.25) is 0 Å². The van der Waals surface area contributed by atoms with Gasteiger partial charge in [-0.1, -0.05) is 36.9 Å². The van der Waals surface area contributed by atoms with Crippen molar-refractivity contribution in [2.75, 3.05) is 5.75 Å². The monoisotopic (exact) mass is 782 g/mol. The number of benzene rings is 1. The van der Waals surface area contributed by atoms with Crippen molar-refractivity contribution in [3.63, 3.8) is 0 Å². The summed E-state index contributed by atoms with van der Waals surface area (Å²) < 4.78 is 14.0. The summed E-state index contributed by atoms with van der Waals surface area (Å²) in [4.78, 5) is 4.61. The smallest absolute Gasteiger partial charge is 0.163 e. The standard InChI is InChI=1S/C16H21N2O2S2.5Y/c1-4-12-14(20-16(2,3)19-12)10(17)9-21-15-18-11-7-5-6-8-13(11)22-15;;;;;/h5-8,10,12,14,17H,4,9H2,1-3H3;;;;;/q-1;;;;;/t10-,12+,14-;;;;;/m0...../s1. The van der Waals surface area contributed by atoms with Crippen LogP contribution in [0, 0.1) is 0 Å². The first-order chi connectivity index (χ1) is 10.5. The fourth-order valence-electron chi connectivity index (χ4n) is 2.69. The van der Waals surface area contributed by atoms with E-state index in [9.17, 15) is 0 Å². The first-order valence-electron chi connectivity index (χ1n) is 7.53. The molecule has 27 heavy (non-hydrogen) atoms. The number of nitrogens with zero attached hydrogens (tertiary/aromatic N) is 1. The number of fused-ring (bicyclic) bond motifs is 1. The van der Waals surface area contributed by atoms with E-state index in [0.29, 0.717) is 5.75 Å². The number of ether oxygens (including phenoxy) is 2. The molecule has 1 N–H and O–H groups in total. The van der Waals surface area contributed by atoms with Crippen molar-refractivity contribution in [3.8, 4) is 0 Å². The van der Waals surface area contributed by atoms with Crippen LogP contribution in [0.2, 0.25) is 0 Å². The third kappa shape index (κ3) is 10.8. The van der Waals surface area contributed by atoms with E-state index in [2.05, 4.69) is 18.0 Å². The molecule has 0 aliphatic carbocycles. The maximum Gasteiger partial charge on any atom is 0.163 e. The second-order valence-corrected chi connectivity index (χ2v) is 8.21. The molecule has 0 amide bonds. The fraction of sp³-hybridized carbons (Fsp3) is 0.562. The number of rotatable bonds is 5. The summed E-state index contributed by atoms with van der Waals surface area (Å²) in [7, 11) is 0. The maximum absolute atomic E-state index is 8.41. The number of thiazole rings is 1. The molecule has 11 heteroatoms. The number of thioether (sulfide) groups is 1. The van der Waals surface area contributed by atoms with E-state index >= 15 is 0 Å². The first-order valence-corrected chi connectivity index (χ1v) is 9.34. The van der Waals surface area contributed by atoms with Crippen molar-refractivity contribution in [3.05, 3.63) is 30.0 Å². The summed E-state index contributed by atoms with van der Waals surface area (Å²) in [5, 5.41) is 0. The molecular formula is C16H21N2O2S2Y5-. The summed E-state index contributed by atoms with van der Waals surface area (Å²) in [6.07, 6.45) is 0.713. The Morgan fingerprint density at radius 1 is 1.15 bits per heavy atom. The molecule has 1 fully saturated rings. The normalized spacial score (nSPS) is 20.9. The van der Waals surface area contributed by atoms with Crippen LogP contribution in [0.4, 0.5) is 0 Å². The molecule has 4 nitrogen and oxygen atoms in total. The van der Waals surface area contributed by atoms with Crippen LogP contribution < -0.4 is 0 Å². The van der Waals surface area contributed by atoms with Crippen molar-refractivity contribution in [2.24, 2.45) is 0 Å². The van der Waals surface area contributed by atoms with Gasteiger partial charge in [-0.2, -0.15) is 0 Å². The minimum absolute atomic E-state index is 0. The molecule has 2 aromatic rings. The largest absolute Gasteiger partial charge is 0.672 e. The summed E-state index contributed by atoms with van der Waals surface area (Å²) in [5.74, 6) is 0.0889. The zero-order chi connectivity index (χ0) is 15.7. The minimum atomic E-state index is -0.578. The molecule has 2 heterocycles. The molecule has 1 aromatic heterocycles. The molecule has 1 saturated heterocycles. The summed E-state index contributed by atoms with van der Waals surface area (Å²) >= 11 is 3.32. The van der Waals surface area contributed by atoms with Crippen molar-refractivity contribution in [1.82, 2.24) is 4.98 Å². The van der Waals surface area contributed by atoms with Crippen LogP contribution in [-0.2, 0) is 173 Å². The van der Waals surface area contributed by atoms with E-state index in [0.717, 1.165) is 16.3 Å². The molecular weight excluding hydrogens is 761 g/mol. The molecule has 0 saturated carbocycles. The van der Waals surface area contributed by atoms with Gasteiger partial charge in [0.1, 0.15) is 0 Å². The zero-order valence-electron chi connectivity index (χ0n) is 15.9. The van der Waals surface area contributed by atoms with Gasteiger partial charge in [0.2, 0.25) is 0 Å². The SMILES string of the molecule is CC[C@H]1OC(C)(C)O[C@H]1[C@@H]([NH-])CSc1nc2ccccc2s1.[Y].[Y].[Y].[Y].[Y]. The van der Waals surface area contributed by atoms with Gasteiger partial charge in [-0.05, 0) is 38.2 Å². The number of hydrogen-bond donors (Lipinski definition) is 0. The minimum Gasteiger partial charge on any atom is -0.672 e. The Morgan fingerprint density at radius 2 is 1.78 bits per heavy atom. The second kappa shape index (κ2) is 17.3. The Kier molecular flexibility index (Phi) is 23.4. The van der Waals surface area contributed by atoms with Gasteiger partial charge in [0.05, 0.1) is 22.4 Å². The second-order valence-electron chi connectivity index (χ2n) is 5.91. The quantitative estimate of drug-likeness (QED) is 0.413. The van der Waals surface area contributed by atoms with E-state index in [4.69, 9.17) is 15.2 Å². The molecule has 1 aliphatic heterocycles. The van der Waals surface area contributed by atoms with Gasteiger partial charge in [-0.15, -0.1) is 11.3 Å². The van der Waals surface area contributed by atoms with E-state index < -0.39 is 5.79 Å². The van der Waals surface area contributed by atoms with Crippen molar-refractivity contribution >= 4 is 33.3 Å². The summed E-state index contributed by atoms with van der Waals surface area (Å²) in [6, 6.07) is 7.82. The Hall–Kier alpha value is 4.86. The van der Waals surface area contributed by atoms with Crippen LogP contribution in [0.5, 0.6) is 0 Å². The third-order valence-electron chi connectivity index (χ3n) is 3.68. The van der Waals surface area contributed by atoms with E-state index in [1.165, 1.54) is 4.70 Å². The molecule has 1 aromatic carbocycles. The summed E-state index contributed by atoms with van der Waals surface area (Å²) in [6.45, 7) is 5.92. The van der Waals surface area contributed by atoms with Gasteiger partial charge in [0, 0.05) is 164 Å². The third-order valence-corrected chi connectivity index (χ3v) is 5.98. The Morgan fingerprint density at radius 3 is 2.37 bits per heavy atom. The maximum atomic E-state index is 8.41. The van der Waals surface area contributed by atoms with E-state index in [1.54, 1.807) is 23.1 Å². The van der Waals surface area contributed by atoms with Gasteiger partial charge in [-0.25, -0.2) is 4.98 Å². The average Bonchev–Trinajstić information content (AvgIpc) is 3.04. The number of aromatic nitrogens is 1. The summed E-state index contributed by atoms with van der Waals surface area (Å²) in [5.41, 5.74) is 9.45. The van der Waals surface area contributed by atoms with Crippen LogP contribution in [-0.4, -0.2) is 34.8 Å². The van der Waals surface area contributed by atoms with Crippen molar-refractivity contribution in [1.29, 1.82) is 0 Å². The van der Waals surface area contributed by atoms with Crippen LogP contribution in [0.1, 0.15) is 27.2 Å². The number of para-hydroxylation sites is 1. The predicted octanol–water partition coefficient (Wildman–Crippen LogP) is 4.73. The van der Waals surface area contributed by atoms with Crippen LogP contribution in [0.3, 0.4) is 0 Å². The fourth-order valence-corrected chi connectivity index (χ4v) is 4.77. The molecule has 3 rings (SSSR count). The average molecular weight is 782 g/mol. The number of hydrogen-bond acceptors (Lipinski definition) is 5. The van der Waals surface area contributed by atoms with Gasteiger partial charge < -0.3 is 15.2 Å². The molecule has 0 bridgehead atoms. The van der Waals surface area contributed by atoms with Crippen LogP contribution >= 0.6 is 23.1 Å². The molecule has 5 radical (unpaired) electrons. The molecule has 1 aliphatic rings. The molecule has 0 spiro atoms. The van der Waals surface area contributed by atoms with Gasteiger partial charge in [0.25, 0.3) is 0 Å².